The van der Waals surface area contributed by atoms with Crippen molar-refractivity contribution in [2.75, 3.05) is 6.54 Å². The molecular weight excluding hydrogens is 470 g/mol. The predicted octanol–water partition coefficient (Wildman–Crippen LogP) is 3.90. The van der Waals surface area contributed by atoms with Gasteiger partial charge in [-0.25, -0.2) is 18.6 Å². The normalized spacial score (nSPS) is 17.4. The number of hydrogen-bond donors (Lipinski definition) is 2. The summed E-state index contributed by atoms with van der Waals surface area (Å²) in [6, 6.07) is 5.15. The second kappa shape index (κ2) is 9.88. The molecule has 0 radical (unpaired) electrons. The van der Waals surface area contributed by atoms with Gasteiger partial charge in [0.1, 0.15) is 11.7 Å². The van der Waals surface area contributed by atoms with E-state index >= 15 is 0 Å². The largest absolute Gasteiger partial charge is 0.459 e. The van der Waals surface area contributed by atoms with E-state index in [-0.39, 0.29) is 11.1 Å². The summed E-state index contributed by atoms with van der Waals surface area (Å²) in [5.74, 6) is -4.91. The molecule has 2 unspecified atom stereocenters. The monoisotopic (exact) mass is 496 g/mol. The molecule has 0 saturated heterocycles. The van der Waals surface area contributed by atoms with Crippen LogP contribution in [0, 0.1) is 11.6 Å². The number of aromatic amines is 1. The molecule has 188 valence electrons. The Hall–Kier alpha value is -4.08. The summed E-state index contributed by atoms with van der Waals surface area (Å²) in [7, 11) is 0. The molecule has 3 heterocycles. The maximum Gasteiger partial charge on any atom is 0.342 e. The van der Waals surface area contributed by atoms with Crippen LogP contribution in [-0.4, -0.2) is 51.3 Å². The van der Waals surface area contributed by atoms with E-state index < -0.39 is 47.5 Å². The van der Waals surface area contributed by atoms with Gasteiger partial charge in [0.25, 0.3) is 5.91 Å². The van der Waals surface area contributed by atoms with E-state index in [1.807, 2.05) is 0 Å². The van der Waals surface area contributed by atoms with Crippen molar-refractivity contribution in [3.63, 3.8) is 0 Å². The molecule has 8 nitrogen and oxygen atoms in total. The number of carbonyl (C=O) groups is 3. The molecule has 0 saturated carbocycles. The van der Waals surface area contributed by atoms with Crippen molar-refractivity contribution in [1.29, 1.82) is 0 Å². The van der Waals surface area contributed by atoms with Gasteiger partial charge in [-0.05, 0) is 56.7 Å². The second-order valence-corrected chi connectivity index (χ2v) is 8.78. The fraction of sp³-hybridized carbons (Fsp3) is 0.308. The van der Waals surface area contributed by atoms with Crippen molar-refractivity contribution >= 4 is 34.4 Å². The van der Waals surface area contributed by atoms with E-state index in [1.165, 1.54) is 6.20 Å². The van der Waals surface area contributed by atoms with Crippen LogP contribution in [0.3, 0.4) is 0 Å². The first kappa shape index (κ1) is 25.0. The van der Waals surface area contributed by atoms with Crippen molar-refractivity contribution in [2.24, 2.45) is 0 Å². The van der Waals surface area contributed by atoms with Gasteiger partial charge in [-0.3, -0.25) is 9.59 Å². The van der Waals surface area contributed by atoms with E-state index in [0.717, 1.165) is 23.1 Å². The van der Waals surface area contributed by atoms with Crippen molar-refractivity contribution in [2.45, 2.75) is 45.8 Å². The summed E-state index contributed by atoms with van der Waals surface area (Å²) in [6.45, 7) is 7.17. The second-order valence-electron chi connectivity index (χ2n) is 8.78. The van der Waals surface area contributed by atoms with E-state index in [4.69, 9.17) is 4.74 Å². The highest BCUT2D eigenvalue weighted by atomic mass is 19.2. The number of ether oxygens (including phenoxy) is 1. The van der Waals surface area contributed by atoms with E-state index in [9.17, 15) is 23.2 Å². The molecule has 1 aliphatic rings. The number of aromatic nitrogens is 2. The maximum atomic E-state index is 14.0. The topological polar surface area (TPSA) is 104 Å². The SMILES string of the molecule is CCNC(=O)C1C(C)c2c([nH]c3ncccc23)C(C(=O)OC(C)C)=CN1C(=O)c1ccc(F)c(F)c1. The van der Waals surface area contributed by atoms with Crippen molar-refractivity contribution in [1.82, 2.24) is 20.2 Å². The fourth-order valence-corrected chi connectivity index (χ4v) is 4.44. The molecule has 0 fully saturated rings. The Labute approximate surface area is 206 Å². The average molecular weight is 497 g/mol. The summed E-state index contributed by atoms with van der Waals surface area (Å²) in [6.07, 6.45) is 2.38. The van der Waals surface area contributed by atoms with Gasteiger partial charge in [0.15, 0.2) is 11.6 Å². The first-order valence-electron chi connectivity index (χ1n) is 11.6. The number of benzene rings is 1. The number of nitrogens with zero attached hydrogens (tertiary/aromatic N) is 2. The number of amides is 2. The number of fused-ring (bicyclic) bond motifs is 3. The molecule has 1 aromatic carbocycles. The van der Waals surface area contributed by atoms with Gasteiger partial charge in [0, 0.05) is 35.8 Å². The lowest BCUT2D eigenvalue weighted by Crippen LogP contribution is -2.49. The van der Waals surface area contributed by atoms with Crippen LogP contribution >= 0.6 is 0 Å². The standard InChI is InChI=1S/C26H26F2N4O4/c1-5-29-24(33)22-14(4)20-16-7-6-10-30-23(16)31-21(20)17(26(35)36-13(2)3)12-32(22)25(34)15-8-9-18(27)19(28)11-15/h6-14,22H,5H2,1-4H3,(H,29,33)(H,30,31). The number of carbonyl (C=O) groups excluding carboxylic acids is 3. The highest BCUT2D eigenvalue weighted by Crippen LogP contribution is 2.40. The lowest BCUT2D eigenvalue weighted by atomic mass is 9.89. The highest BCUT2D eigenvalue weighted by molar-refractivity contribution is 6.19. The zero-order valence-corrected chi connectivity index (χ0v) is 20.3. The molecule has 36 heavy (non-hydrogen) atoms. The van der Waals surface area contributed by atoms with Crippen molar-refractivity contribution in [3.05, 3.63) is 71.2 Å². The molecule has 10 heteroatoms. The zero-order chi connectivity index (χ0) is 26.1. The van der Waals surface area contributed by atoms with Gasteiger partial charge in [0.2, 0.25) is 5.91 Å². The number of pyridine rings is 1. The zero-order valence-electron chi connectivity index (χ0n) is 20.3. The van der Waals surface area contributed by atoms with E-state index in [1.54, 1.807) is 46.0 Å². The van der Waals surface area contributed by atoms with Gasteiger partial charge in [0.05, 0.1) is 17.4 Å². The molecule has 2 N–H and O–H groups in total. The van der Waals surface area contributed by atoms with Crippen molar-refractivity contribution in [3.8, 4) is 0 Å². The summed E-state index contributed by atoms with van der Waals surface area (Å²) in [4.78, 5) is 48.8. The summed E-state index contributed by atoms with van der Waals surface area (Å²) in [5.41, 5.74) is 1.32. The van der Waals surface area contributed by atoms with Crippen LogP contribution in [0.1, 0.15) is 55.2 Å². The van der Waals surface area contributed by atoms with Gasteiger partial charge >= 0.3 is 5.97 Å². The van der Waals surface area contributed by atoms with Crippen LogP contribution in [-0.2, 0) is 14.3 Å². The molecule has 0 spiro atoms. The van der Waals surface area contributed by atoms with Crippen LogP contribution in [0.25, 0.3) is 16.6 Å². The Morgan fingerprint density at radius 2 is 1.94 bits per heavy atom. The number of hydrogen-bond acceptors (Lipinski definition) is 5. The van der Waals surface area contributed by atoms with Crippen LogP contribution < -0.4 is 5.32 Å². The summed E-state index contributed by atoms with van der Waals surface area (Å²) < 4.78 is 33.0. The number of H-pyrrole nitrogens is 1. The Balaban J connectivity index is 1.97. The third-order valence-electron chi connectivity index (χ3n) is 5.96. The van der Waals surface area contributed by atoms with Gasteiger partial charge < -0.3 is 19.9 Å². The third kappa shape index (κ3) is 4.46. The molecule has 1 aliphatic heterocycles. The minimum absolute atomic E-state index is 0.00582. The number of halogens is 2. The van der Waals surface area contributed by atoms with E-state index in [2.05, 4.69) is 15.3 Å². The first-order chi connectivity index (χ1) is 17.1. The van der Waals surface area contributed by atoms with Crippen LogP contribution in [0.15, 0.2) is 42.7 Å². The number of esters is 1. The molecule has 2 amide bonds. The van der Waals surface area contributed by atoms with Gasteiger partial charge in [-0.1, -0.05) is 6.92 Å². The maximum absolute atomic E-state index is 14.0. The third-order valence-corrected chi connectivity index (χ3v) is 5.96. The quantitative estimate of drug-likeness (QED) is 0.522. The number of nitrogens with one attached hydrogen (secondary N) is 2. The Bertz CT molecular complexity index is 1380. The van der Waals surface area contributed by atoms with Crippen molar-refractivity contribution < 1.29 is 27.9 Å². The summed E-state index contributed by atoms with van der Waals surface area (Å²) in [5, 5.41) is 3.42. The minimum atomic E-state index is -1.20. The highest BCUT2D eigenvalue weighted by Gasteiger charge is 2.41. The molecule has 0 aliphatic carbocycles. The molecular formula is C26H26F2N4O4. The molecule has 2 atom stereocenters. The van der Waals surface area contributed by atoms with Crippen LogP contribution in [0.2, 0.25) is 0 Å². The molecule has 3 aromatic rings. The Kier molecular flexibility index (Phi) is 6.87. The Morgan fingerprint density at radius 1 is 1.19 bits per heavy atom. The lowest BCUT2D eigenvalue weighted by molar-refractivity contribution is -0.140. The summed E-state index contributed by atoms with van der Waals surface area (Å²) >= 11 is 0. The van der Waals surface area contributed by atoms with E-state index in [0.29, 0.717) is 28.8 Å². The van der Waals surface area contributed by atoms with Crippen LogP contribution in [0.5, 0.6) is 0 Å². The number of likely N-dealkylation sites (N-methyl/N-ethyl adjacent to an activating group) is 1. The average Bonchev–Trinajstić information content (AvgIpc) is 3.15. The number of rotatable bonds is 5. The van der Waals surface area contributed by atoms with Gasteiger partial charge in [-0.2, -0.15) is 0 Å². The Morgan fingerprint density at radius 3 is 2.61 bits per heavy atom. The van der Waals surface area contributed by atoms with Crippen LogP contribution in [0.4, 0.5) is 8.78 Å². The molecule has 0 bridgehead atoms. The predicted molar refractivity (Wildman–Crippen MR) is 129 cm³/mol. The van der Waals surface area contributed by atoms with Gasteiger partial charge in [-0.15, -0.1) is 0 Å². The minimum Gasteiger partial charge on any atom is -0.459 e. The molecule has 2 aromatic heterocycles. The first-order valence-corrected chi connectivity index (χ1v) is 11.6. The molecule has 4 rings (SSSR count). The smallest absolute Gasteiger partial charge is 0.342 e. The lowest BCUT2D eigenvalue weighted by Gasteiger charge is -2.31. The fourth-order valence-electron chi connectivity index (χ4n) is 4.44.